The van der Waals surface area contributed by atoms with Crippen LogP contribution in [0.15, 0.2) is 71.8 Å². The first-order valence-electron chi connectivity index (χ1n) is 7.29. The molecule has 0 saturated carbocycles. The second-order valence-corrected chi connectivity index (χ2v) is 5.16. The molecule has 0 bridgehead atoms. The number of pyridine rings is 1. The molecule has 0 aliphatic rings. The number of carbonyl (C=O) groups excluding carboxylic acids is 1. The topological polar surface area (TPSA) is 69.7 Å². The summed E-state index contributed by atoms with van der Waals surface area (Å²) in [7, 11) is 0. The Morgan fingerprint density at radius 3 is 2.52 bits per heavy atom. The molecule has 0 unspecified atom stereocenters. The summed E-state index contributed by atoms with van der Waals surface area (Å²) in [6.07, 6.45) is 0. The quantitative estimate of drug-likeness (QED) is 0.233. The molecule has 0 atom stereocenters. The minimum absolute atomic E-state index is 0.177. The summed E-state index contributed by atoms with van der Waals surface area (Å²) in [5, 5.41) is 4.45. The average molecular weight is 303 g/mol. The molecule has 0 fully saturated rings. The molecule has 2 aromatic carbocycles. The SMILES string of the molecule is [N-]=[N+]=NCC(=O)c1ccc2ccccc2[n+]1Cc1ccccc1. The van der Waals surface area contributed by atoms with Crippen molar-refractivity contribution >= 4 is 16.7 Å². The maximum absolute atomic E-state index is 12.4. The fourth-order valence-corrected chi connectivity index (χ4v) is 2.62. The summed E-state index contributed by atoms with van der Waals surface area (Å²) in [6, 6.07) is 21.6. The van der Waals surface area contributed by atoms with Gasteiger partial charge < -0.3 is 0 Å². The molecular formula is C18H15N4O+. The van der Waals surface area contributed by atoms with Gasteiger partial charge in [-0.2, -0.15) is 4.57 Å². The predicted octanol–water partition coefficient (Wildman–Crippen LogP) is 3.67. The van der Waals surface area contributed by atoms with Gasteiger partial charge in [0, 0.05) is 28.0 Å². The lowest BCUT2D eigenvalue weighted by Gasteiger charge is -2.06. The van der Waals surface area contributed by atoms with Gasteiger partial charge >= 0.3 is 0 Å². The predicted molar refractivity (Wildman–Crippen MR) is 88.0 cm³/mol. The molecule has 0 aliphatic carbocycles. The summed E-state index contributed by atoms with van der Waals surface area (Å²) in [6.45, 7) is 0.406. The second-order valence-electron chi connectivity index (χ2n) is 5.16. The molecule has 0 N–H and O–H groups in total. The highest BCUT2D eigenvalue weighted by Gasteiger charge is 2.21. The molecule has 0 amide bonds. The first-order chi connectivity index (χ1) is 11.3. The summed E-state index contributed by atoms with van der Waals surface area (Å²) in [5.74, 6) is -0.190. The third-order valence-electron chi connectivity index (χ3n) is 3.69. The standard InChI is InChI=1S/C18H15N4O/c19-21-20-12-18(23)17-11-10-15-8-4-5-9-16(15)22(17)13-14-6-2-1-3-7-14/h1-11H,12-13H2/q+1. The van der Waals surface area contributed by atoms with Crippen LogP contribution in [0.5, 0.6) is 0 Å². The van der Waals surface area contributed by atoms with Crippen LogP contribution >= 0.6 is 0 Å². The van der Waals surface area contributed by atoms with Gasteiger partial charge in [0.15, 0.2) is 6.54 Å². The van der Waals surface area contributed by atoms with E-state index in [0.717, 1.165) is 16.5 Å². The molecule has 3 aromatic rings. The number of aromatic nitrogens is 1. The van der Waals surface area contributed by atoms with Crippen molar-refractivity contribution in [1.82, 2.24) is 0 Å². The molecule has 0 spiro atoms. The number of ketones is 1. The zero-order chi connectivity index (χ0) is 16.1. The third-order valence-corrected chi connectivity index (χ3v) is 3.69. The Balaban J connectivity index is 2.13. The molecule has 23 heavy (non-hydrogen) atoms. The Morgan fingerprint density at radius 2 is 1.74 bits per heavy atom. The Morgan fingerprint density at radius 1 is 1.00 bits per heavy atom. The van der Waals surface area contributed by atoms with Crippen LogP contribution in [-0.2, 0) is 6.54 Å². The van der Waals surface area contributed by atoms with Crippen molar-refractivity contribution in [3.05, 3.63) is 88.4 Å². The van der Waals surface area contributed by atoms with Gasteiger partial charge in [-0.25, -0.2) is 0 Å². The van der Waals surface area contributed by atoms with Crippen LogP contribution in [0.3, 0.4) is 0 Å². The van der Waals surface area contributed by atoms with Gasteiger partial charge in [0.25, 0.3) is 0 Å². The van der Waals surface area contributed by atoms with Crippen LogP contribution in [0.4, 0.5) is 0 Å². The number of hydrogen-bond acceptors (Lipinski definition) is 2. The fourth-order valence-electron chi connectivity index (χ4n) is 2.62. The minimum atomic E-state index is -0.190. The van der Waals surface area contributed by atoms with Crippen molar-refractivity contribution in [3.8, 4) is 0 Å². The number of hydrogen-bond donors (Lipinski definition) is 0. The molecular weight excluding hydrogens is 288 g/mol. The molecule has 1 aromatic heterocycles. The molecule has 0 aliphatic heterocycles. The summed E-state index contributed by atoms with van der Waals surface area (Å²) < 4.78 is 1.97. The number of Topliss-reactive ketones (excluding diaryl/α,β-unsaturated/α-hetero) is 1. The van der Waals surface area contributed by atoms with Crippen LogP contribution < -0.4 is 4.57 Å². The number of benzene rings is 2. The van der Waals surface area contributed by atoms with Gasteiger partial charge in [0.1, 0.15) is 0 Å². The number of carbonyl (C=O) groups is 1. The normalized spacial score (nSPS) is 10.3. The molecule has 5 heteroatoms. The first kappa shape index (κ1) is 14.8. The van der Waals surface area contributed by atoms with Gasteiger partial charge in [-0.05, 0) is 17.7 Å². The van der Waals surface area contributed by atoms with E-state index in [1.165, 1.54) is 0 Å². The molecule has 3 rings (SSSR count). The van der Waals surface area contributed by atoms with Crippen LogP contribution in [0.1, 0.15) is 16.1 Å². The van der Waals surface area contributed by atoms with Crippen molar-refractivity contribution in [1.29, 1.82) is 0 Å². The van der Waals surface area contributed by atoms with E-state index in [1.807, 2.05) is 65.2 Å². The largest absolute Gasteiger partial charge is 0.287 e. The van der Waals surface area contributed by atoms with Crippen LogP contribution in [0, 0.1) is 0 Å². The average Bonchev–Trinajstić information content (AvgIpc) is 2.61. The number of azide groups is 1. The number of fused-ring (bicyclic) bond motifs is 1. The highest BCUT2D eigenvalue weighted by atomic mass is 16.1. The van der Waals surface area contributed by atoms with E-state index in [0.29, 0.717) is 12.2 Å². The van der Waals surface area contributed by atoms with Gasteiger partial charge in [-0.15, -0.1) is 0 Å². The van der Waals surface area contributed by atoms with Crippen molar-refractivity contribution in [2.24, 2.45) is 5.11 Å². The maximum Gasteiger partial charge on any atom is 0.249 e. The monoisotopic (exact) mass is 303 g/mol. The highest BCUT2D eigenvalue weighted by Crippen LogP contribution is 2.12. The van der Waals surface area contributed by atoms with Gasteiger partial charge in [-0.1, -0.05) is 47.6 Å². The van der Waals surface area contributed by atoms with Gasteiger partial charge in [0.2, 0.25) is 17.0 Å². The zero-order valence-corrected chi connectivity index (χ0v) is 12.5. The van der Waals surface area contributed by atoms with E-state index in [1.54, 1.807) is 6.07 Å². The van der Waals surface area contributed by atoms with Gasteiger partial charge in [-0.3, -0.25) is 4.79 Å². The van der Waals surface area contributed by atoms with E-state index in [9.17, 15) is 4.79 Å². The molecule has 5 nitrogen and oxygen atoms in total. The first-order valence-corrected chi connectivity index (χ1v) is 7.29. The van der Waals surface area contributed by atoms with E-state index in [4.69, 9.17) is 5.53 Å². The highest BCUT2D eigenvalue weighted by molar-refractivity contribution is 5.95. The summed E-state index contributed by atoms with van der Waals surface area (Å²) >= 11 is 0. The van der Waals surface area contributed by atoms with E-state index in [-0.39, 0.29) is 12.3 Å². The summed E-state index contributed by atoms with van der Waals surface area (Å²) in [4.78, 5) is 15.0. The zero-order valence-electron chi connectivity index (χ0n) is 12.5. The van der Waals surface area contributed by atoms with E-state index < -0.39 is 0 Å². The number of para-hydroxylation sites is 1. The van der Waals surface area contributed by atoms with Crippen molar-refractivity contribution in [3.63, 3.8) is 0 Å². The van der Waals surface area contributed by atoms with Crippen LogP contribution in [0.2, 0.25) is 0 Å². The van der Waals surface area contributed by atoms with Crippen molar-refractivity contribution in [2.75, 3.05) is 6.54 Å². The van der Waals surface area contributed by atoms with E-state index >= 15 is 0 Å². The minimum Gasteiger partial charge on any atom is -0.287 e. The Bertz CT molecular complexity index is 899. The van der Waals surface area contributed by atoms with Crippen molar-refractivity contribution < 1.29 is 9.36 Å². The smallest absolute Gasteiger partial charge is 0.249 e. The Hall–Kier alpha value is -3.17. The second kappa shape index (κ2) is 6.73. The molecule has 112 valence electrons. The molecule has 0 radical (unpaired) electrons. The van der Waals surface area contributed by atoms with Crippen LogP contribution in [0.25, 0.3) is 21.3 Å². The summed E-state index contributed by atoms with van der Waals surface area (Å²) in [5.41, 5.74) is 11.1. The van der Waals surface area contributed by atoms with E-state index in [2.05, 4.69) is 10.0 Å². The van der Waals surface area contributed by atoms with Crippen molar-refractivity contribution in [2.45, 2.75) is 6.54 Å². The lowest BCUT2D eigenvalue weighted by molar-refractivity contribution is -0.664. The number of nitrogens with zero attached hydrogens (tertiary/aromatic N) is 4. The third kappa shape index (κ3) is 3.20. The maximum atomic E-state index is 12.4. The number of rotatable bonds is 5. The van der Waals surface area contributed by atoms with Gasteiger partial charge in [0.05, 0.1) is 6.54 Å². The fraction of sp³-hybridized carbons (Fsp3) is 0.111. The lowest BCUT2D eigenvalue weighted by Crippen LogP contribution is -2.42. The molecule has 1 heterocycles. The Labute approximate surface area is 133 Å². The van der Waals surface area contributed by atoms with Crippen LogP contribution in [-0.4, -0.2) is 12.3 Å². The Kier molecular flexibility index (Phi) is 4.32. The lowest BCUT2D eigenvalue weighted by atomic mass is 10.1. The molecule has 0 saturated heterocycles.